The average Bonchev–Trinajstić information content (AvgIpc) is 2.89. The van der Waals surface area contributed by atoms with Gasteiger partial charge in [-0.3, -0.25) is 9.69 Å². The molecule has 0 spiro atoms. The summed E-state index contributed by atoms with van der Waals surface area (Å²) in [5.74, 6) is 2.01. The molecule has 1 aliphatic carbocycles. The maximum atomic E-state index is 12.8. The number of nitrogen functional groups attached to an aromatic ring is 1. The summed E-state index contributed by atoms with van der Waals surface area (Å²) in [6.07, 6.45) is 6.45. The highest BCUT2D eigenvalue weighted by Gasteiger charge is 2.35. The van der Waals surface area contributed by atoms with Gasteiger partial charge in [-0.05, 0) is 56.9 Å². The lowest BCUT2D eigenvalue weighted by molar-refractivity contribution is -0.134. The van der Waals surface area contributed by atoms with Gasteiger partial charge in [0.2, 0.25) is 11.8 Å². The Bertz CT molecular complexity index is 1130. The third kappa shape index (κ3) is 5.62. The van der Waals surface area contributed by atoms with Crippen molar-refractivity contribution in [3.05, 3.63) is 41.7 Å². The van der Waals surface area contributed by atoms with Crippen molar-refractivity contribution in [2.75, 3.05) is 45.1 Å². The van der Waals surface area contributed by atoms with Crippen molar-refractivity contribution in [3.63, 3.8) is 0 Å². The molecule has 2 aromatic rings. The summed E-state index contributed by atoms with van der Waals surface area (Å²) >= 11 is 0. The smallest absolute Gasteiger partial charge is 0.246 e. The van der Waals surface area contributed by atoms with E-state index in [1.165, 1.54) is 11.9 Å². The van der Waals surface area contributed by atoms with Crippen molar-refractivity contribution in [3.8, 4) is 5.88 Å². The van der Waals surface area contributed by atoms with E-state index in [4.69, 9.17) is 20.6 Å². The minimum atomic E-state index is -0.634. The zero-order valence-electron chi connectivity index (χ0n) is 21.9. The topological polar surface area (TPSA) is 117 Å². The maximum Gasteiger partial charge on any atom is 0.246 e. The number of piperazine rings is 1. The Morgan fingerprint density at radius 3 is 2.46 bits per heavy atom. The molecule has 0 radical (unpaired) electrons. The number of nitrogens with zero attached hydrogens (tertiary/aromatic N) is 5. The van der Waals surface area contributed by atoms with Crippen LogP contribution in [0.3, 0.4) is 0 Å². The summed E-state index contributed by atoms with van der Waals surface area (Å²) in [4.78, 5) is 30.1. The number of hydrogen-bond acceptors (Lipinski definition) is 8. The lowest BCUT2D eigenvalue weighted by Crippen LogP contribution is -2.49. The Balaban J connectivity index is 1.17. The molecule has 1 amide bonds. The molecule has 0 bridgehead atoms. The van der Waals surface area contributed by atoms with E-state index in [2.05, 4.69) is 39.1 Å². The van der Waals surface area contributed by atoms with Crippen LogP contribution in [0.25, 0.3) is 0 Å². The molecule has 1 saturated carbocycles. The SMILES string of the molecule is CC1(C)Oc2ncnc(N)c2N=C1c1ccc([C@H]2CC[C@H](CC(=O)N3CCN(CCO)CC3)CC2)cc1. The van der Waals surface area contributed by atoms with Gasteiger partial charge in [-0.1, -0.05) is 24.3 Å². The van der Waals surface area contributed by atoms with E-state index >= 15 is 0 Å². The highest BCUT2D eigenvalue weighted by Crippen LogP contribution is 2.40. The van der Waals surface area contributed by atoms with Crippen LogP contribution >= 0.6 is 0 Å². The molecule has 3 N–H and O–H groups in total. The van der Waals surface area contributed by atoms with Crippen LogP contribution in [0.15, 0.2) is 35.6 Å². The summed E-state index contributed by atoms with van der Waals surface area (Å²) in [6.45, 7) is 8.12. The Hall–Kier alpha value is -3.04. The zero-order chi connectivity index (χ0) is 26.0. The van der Waals surface area contributed by atoms with Crippen molar-refractivity contribution in [2.24, 2.45) is 10.9 Å². The first-order chi connectivity index (χ1) is 17.8. The van der Waals surface area contributed by atoms with E-state index in [1.807, 2.05) is 18.7 Å². The minimum absolute atomic E-state index is 0.181. The molecule has 3 heterocycles. The molecule has 198 valence electrons. The van der Waals surface area contributed by atoms with Crippen LogP contribution in [-0.2, 0) is 4.79 Å². The number of nitrogens with two attached hydrogens (primary N) is 1. The number of aromatic nitrogens is 2. The number of amides is 1. The van der Waals surface area contributed by atoms with Crippen LogP contribution in [0.1, 0.15) is 63.0 Å². The van der Waals surface area contributed by atoms with Crippen LogP contribution in [0.4, 0.5) is 11.5 Å². The zero-order valence-corrected chi connectivity index (χ0v) is 21.9. The molecule has 37 heavy (non-hydrogen) atoms. The number of hydrogen-bond donors (Lipinski definition) is 2. The minimum Gasteiger partial charge on any atom is -0.463 e. The van der Waals surface area contributed by atoms with E-state index in [9.17, 15) is 4.79 Å². The fourth-order valence-electron chi connectivity index (χ4n) is 5.86. The highest BCUT2D eigenvalue weighted by molar-refractivity contribution is 6.09. The molecule has 2 aliphatic heterocycles. The molecule has 1 aromatic carbocycles. The monoisotopic (exact) mass is 506 g/mol. The van der Waals surface area contributed by atoms with Gasteiger partial charge >= 0.3 is 0 Å². The third-order valence-corrected chi connectivity index (χ3v) is 8.07. The lowest BCUT2D eigenvalue weighted by Gasteiger charge is -2.36. The quantitative estimate of drug-likeness (QED) is 0.618. The molecule has 5 rings (SSSR count). The predicted octanol–water partition coefficient (Wildman–Crippen LogP) is 3.15. The predicted molar refractivity (Wildman–Crippen MR) is 143 cm³/mol. The number of aliphatic hydroxyl groups is 1. The first-order valence-electron chi connectivity index (χ1n) is 13.4. The van der Waals surface area contributed by atoms with Gasteiger partial charge in [0.25, 0.3) is 0 Å². The molecule has 1 saturated heterocycles. The van der Waals surface area contributed by atoms with Gasteiger partial charge in [0.1, 0.15) is 11.9 Å². The fourth-order valence-corrected chi connectivity index (χ4v) is 5.86. The highest BCUT2D eigenvalue weighted by atomic mass is 16.5. The van der Waals surface area contributed by atoms with Crippen LogP contribution < -0.4 is 10.5 Å². The van der Waals surface area contributed by atoms with Crippen molar-refractivity contribution in [1.29, 1.82) is 0 Å². The van der Waals surface area contributed by atoms with E-state index in [1.54, 1.807) is 0 Å². The Morgan fingerprint density at radius 1 is 1.08 bits per heavy atom. The number of benzene rings is 1. The molecule has 2 fully saturated rings. The number of aliphatic hydroxyl groups excluding tert-OH is 1. The number of aliphatic imine (C=N–C) groups is 1. The number of ether oxygens (including phenoxy) is 1. The van der Waals surface area contributed by atoms with Gasteiger partial charge in [0, 0.05) is 44.7 Å². The lowest BCUT2D eigenvalue weighted by atomic mass is 9.77. The second kappa shape index (κ2) is 10.8. The molecule has 9 nitrogen and oxygen atoms in total. The van der Waals surface area contributed by atoms with Crippen LogP contribution in [0, 0.1) is 5.92 Å². The number of β-amino-alcohol motifs (C(OH)–C–C–N with tert-alkyl or cyclic N) is 1. The average molecular weight is 507 g/mol. The first kappa shape index (κ1) is 25.6. The Morgan fingerprint density at radius 2 is 1.78 bits per heavy atom. The number of anilines is 1. The van der Waals surface area contributed by atoms with E-state index in [0.717, 1.165) is 63.1 Å². The van der Waals surface area contributed by atoms with Crippen LogP contribution in [-0.4, -0.2) is 81.4 Å². The van der Waals surface area contributed by atoms with Gasteiger partial charge in [0.15, 0.2) is 11.5 Å². The number of fused-ring (bicyclic) bond motifs is 1. The molecule has 1 aromatic heterocycles. The number of carbonyl (C=O) groups is 1. The van der Waals surface area contributed by atoms with Crippen molar-refractivity contribution in [2.45, 2.75) is 57.5 Å². The van der Waals surface area contributed by atoms with Gasteiger partial charge < -0.3 is 20.5 Å². The molecule has 9 heteroatoms. The third-order valence-electron chi connectivity index (χ3n) is 8.07. The molecule has 0 unspecified atom stereocenters. The van der Waals surface area contributed by atoms with Gasteiger partial charge in [-0.25, -0.2) is 9.98 Å². The van der Waals surface area contributed by atoms with Crippen molar-refractivity contribution >= 4 is 23.1 Å². The normalized spacial score (nSPS) is 23.6. The summed E-state index contributed by atoms with van der Waals surface area (Å²) in [5.41, 5.74) is 9.03. The fraction of sp³-hybridized carbons (Fsp3) is 0.571. The Kier molecular flexibility index (Phi) is 7.44. The summed E-state index contributed by atoms with van der Waals surface area (Å²) in [7, 11) is 0. The molecular formula is C28H38N6O3. The maximum absolute atomic E-state index is 12.8. The molecular weight excluding hydrogens is 468 g/mol. The standard InChI is InChI=1S/C28H38N6O3/c1-28(2)25(32-24-26(29)30-18-31-27(24)37-28)22-9-7-21(8-10-22)20-5-3-19(4-6-20)17-23(36)34-13-11-33(12-14-34)15-16-35/h7-10,18-20,35H,3-6,11-17H2,1-2H3,(H2,29,30,31)/t19-,20-. The van der Waals surface area contributed by atoms with Gasteiger partial charge in [0.05, 0.1) is 12.3 Å². The Labute approximate surface area is 218 Å². The molecule has 0 atom stereocenters. The molecule has 3 aliphatic rings. The van der Waals surface area contributed by atoms with E-state index in [0.29, 0.717) is 48.1 Å². The van der Waals surface area contributed by atoms with Gasteiger partial charge in [-0.15, -0.1) is 0 Å². The first-order valence-corrected chi connectivity index (χ1v) is 13.4. The van der Waals surface area contributed by atoms with Crippen molar-refractivity contribution < 1.29 is 14.6 Å². The summed E-state index contributed by atoms with van der Waals surface area (Å²) in [5, 5.41) is 9.11. The van der Waals surface area contributed by atoms with E-state index < -0.39 is 5.60 Å². The van der Waals surface area contributed by atoms with Crippen LogP contribution in [0.2, 0.25) is 0 Å². The summed E-state index contributed by atoms with van der Waals surface area (Å²) in [6, 6.07) is 8.65. The second-order valence-electron chi connectivity index (χ2n) is 11.0. The summed E-state index contributed by atoms with van der Waals surface area (Å²) < 4.78 is 6.11. The van der Waals surface area contributed by atoms with Crippen molar-refractivity contribution in [1.82, 2.24) is 19.8 Å². The van der Waals surface area contributed by atoms with E-state index in [-0.39, 0.29) is 6.61 Å². The number of rotatable bonds is 6. The largest absolute Gasteiger partial charge is 0.463 e. The number of carbonyl (C=O) groups excluding carboxylic acids is 1. The van der Waals surface area contributed by atoms with Crippen LogP contribution in [0.5, 0.6) is 5.88 Å². The van der Waals surface area contributed by atoms with Gasteiger partial charge in [-0.2, -0.15) is 4.98 Å². The second-order valence-corrected chi connectivity index (χ2v) is 11.0.